The number of hydrogen-bond donors (Lipinski definition) is 1. The first-order valence-electron chi connectivity index (χ1n) is 4.04. The van der Waals surface area contributed by atoms with Crippen LogP contribution in [0.1, 0.15) is 17.2 Å². The van der Waals surface area contributed by atoms with Gasteiger partial charge in [0.1, 0.15) is 0 Å². The molecule has 0 saturated heterocycles. The molecule has 0 fully saturated rings. The molecule has 0 saturated carbocycles. The minimum atomic E-state index is -4.89. The minimum absolute atomic E-state index is 0.490. The fourth-order valence-electron chi connectivity index (χ4n) is 1.04. The molecule has 7 heteroatoms. The van der Waals surface area contributed by atoms with Crippen molar-refractivity contribution in [3.63, 3.8) is 0 Å². The van der Waals surface area contributed by atoms with Gasteiger partial charge in [-0.15, -0.1) is 0 Å². The smallest absolute Gasteiger partial charge is 0.379 e. The predicted octanol–water partition coefficient (Wildman–Crippen LogP) is 3.30. The van der Waals surface area contributed by atoms with Gasteiger partial charge in [0.25, 0.3) is 0 Å². The summed E-state index contributed by atoms with van der Waals surface area (Å²) >= 11 is 0. The Balaban J connectivity index is 2.96. The van der Waals surface area contributed by atoms with Gasteiger partial charge in [-0.1, -0.05) is 12.1 Å². The van der Waals surface area contributed by atoms with Crippen LogP contribution in [0.25, 0.3) is 0 Å². The van der Waals surface area contributed by atoms with Crippen LogP contribution in [0.5, 0.6) is 0 Å². The summed E-state index contributed by atoms with van der Waals surface area (Å²) in [6.45, 7) is 0. The van der Waals surface area contributed by atoms with Crippen LogP contribution in [0.2, 0.25) is 0 Å². The third-order valence-corrected chi connectivity index (χ3v) is 1.86. The van der Waals surface area contributed by atoms with Gasteiger partial charge in [-0.3, -0.25) is 0 Å². The SMILES string of the molecule is OC(c1ccc(C(F)(F)F)cc1)C(F)(F)[18F]. The van der Waals surface area contributed by atoms with Crippen molar-refractivity contribution in [3.8, 4) is 0 Å². The molecule has 0 heterocycles. The molecule has 1 N–H and O–H groups in total. The van der Waals surface area contributed by atoms with E-state index in [-0.39, 0.29) is 0 Å². The van der Waals surface area contributed by atoms with Gasteiger partial charge in [-0.2, -0.15) is 26.3 Å². The summed E-state index contributed by atoms with van der Waals surface area (Å²) in [5.41, 5.74) is -1.69. The molecule has 1 aromatic carbocycles. The highest BCUT2D eigenvalue weighted by atomic mass is 19.4. The van der Waals surface area contributed by atoms with E-state index < -0.39 is 29.6 Å². The van der Waals surface area contributed by atoms with E-state index in [1.807, 2.05) is 0 Å². The van der Waals surface area contributed by atoms with Crippen LogP contribution in [0.4, 0.5) is 26.3 Å². The van der Waals surface area contributed by atoms with Crippen molar-refractivity contribution >= 4 is 0 Å². The monoisotopic (exact) mass is 243 g/mol. The van der Waals surface area contributed by atoms with Crippen LogP contribution in [-0.2, 0) is 6.18 Å². The molecule has 0 aliphatic rings. The van der Waals surface area contributed by atoms with Crippen molar-refractivity contribution in [2.75, 3.05) is 0 Å². The Morgan fingerprint density at radius 1 is 0.875 bits per heavy atom. The molecule has 1 aromatic rings. The largest absolute Gasteiger partial charge is 0.418 e. The lowest BCUT2D eigenvalue weighted by Gasteiger charge is -2.15. The van der Waals surface area contributed by atoms with Gasteiger partial charge in [0, 0.05) is 0 Å². The van der Waals surface area contributed by atoms with Crippen molar-refractivity contribution in [1.29, 1.82) is 0 Å². The van der Waals surface area contributed by atoms with Crippen LogP contribution >= 0.6 is 0 Å². The van der Waals surface area contributed by atoms with Crippen LogP contribution in [0.3, 0.4) is 0 Å². The Kier molecular flexibility index (Phi) is 3.18. The molecule has 90 valence electrons. The molecule has 0 amide bonds. The highest BCUT2D eigenvalue weighted by Crippen LogP contribution is 2.34. The summed E-state index contributed by atoms with van der Waals surface area (Å²) in [7, 11) is 0. The molecule has 1 unspecified atom stereocenters. The van der Waals surface area contributed by atoms with E-state index in [9.17, 15) is 26.3 Å². The van der Waals surface area contributed by atoms with Gasteiger partial charge >= 0.3 is 12.4 Å². The van der Waals surface area contributed by atoms with Crippen LogP contribution < -0.4 is 0 Å². The average Bonchev–Trinajstić information content (AvgIpc) is 2.14. The second kappa shape index (κ2) is 3.97. The standard InChI is InChI=1S/C9H6F6O/c10-8(11,12)6-3-1-5(2-4-6)7(16)9(13,14)15/h1-4,7,16H/i13-1. The highest BCUT2D eigenvalue weighted by molar-refractivity contribution is 5.26. The van der Waals surface area contributed by atoms with Crippen LogP contribution in [0.15, 0.2) is 24.3 Å². The molecule has 0 spiro atoms. The van der Waals surface area contributed by atoms with E-state index >= 15 is 0 Å². The number of benzene rings is 1. The summed E-state index contributed by atoms with van der Waals surface area (Å²) in [6.07, 6.45) is -12.3. The van der Waals surface area contributed by atoms with Crippen molar-refractivity contribution < 1.29 is 31.4 Å². The highest BCUT2D eigenvalue weighted by Gasteiger charge is 2.39. The number of aliphatic hydroxyl groups is 1. The van der Waals surface area contributed by atoms with Gasteiger partial charge in [0.15, 0.2) is 6.10 Å². The average molecular weight is 243 g/mol. The lowest BCUT2D eigenvalue weighted by Crippen LogP contribution is -2.20. The minimum Gasteiger partial charge on any atom is -0.379 e. The topological polar surface area (TPSA) is 20.2 Å². The van der Waals surface area contributed by atoms with E-state index in [0.29, 0.717) is 24.3 Å². The van der Waals surface area contributed by atoms with Crippen LogP contribution in [0, 0.1) is 0 Å². The Hall–Kier alpha value is -1.24. The number of hydrogen-bond acceptors (Lipinski definition) is 1. The van der Waals surface area contributed by atoms with E-state index in [4.69, 9.17) is 5.11 Å². The lowest BCUT2D eigenvalue weighted by atomic mass is 10.1. The maximum atomic E-state index is 12.1. The fraction of sp³-hybridized carbons (Fsp3) is 0.333. The Labute approximate surface area is 86.3 Å². The zero-order valence-electron chi connectivity index (χ0n) is 7.60. The summed E-state index contributed by atoms with van der Waals surface area (Å²) < 4.78 is 72.2. The lowest BCUT2D eigenvalue weighted by molar-refractivity contribution is -0.206. The maximum Gasteiger partial charge on any atom is 0.418 e. The second-order valence-electron chi connectivity index (χ2n) is 3.06. The molecule has 16 heavy (non-hydrogen) atoms. The Morgan fingerprint density at radius 3 is 1.62 bits per heavy atom. The number of rotatable bonds is 1. The molecule has 1 nitrogen and oxygen atoms in total. The van der Waals surface area contributed by atoms with Gasteiger partial charge in [0.2, 0.25) is 0 Å². The maximum absolute atomic E-state index is 12.1. The Bertz CT molecular complexity index is 350. The summed E-state index contributed by atoms with van der Waals surface area (Å²) in [6, 6.07) is 2.18. The zero-order valence-corrected chi connectivity index (χ0v) is 7.60. The summed E-state index contributed by atoms with van der Waals surface area (Å²) in [5.74, 6) is 0. The predicted molar refractivity (Wildman–Crippen MR) is 42.5 cm³/mol. The number of halogens is 6. The molecule has 1 rings (SSSR count). The van der Waals surface area contributed by atoms with Gasteiger partial charge in [0.05, 0.1) is 5.56 Å². The molecule has 0 aliphatic carbocycles. The zero-order chi connectivity index (χ0) is 12.6. The van der Waals surface area contributed by atoms with E-state index in [1.54, 1.807) is 0 Å². The fourth-order valence-corrected chi connectivity index (χ4v) is 1.04. The molecule has 1 atom stereocenters. The second-order valence-corrected chi connectivity index (χ2v) is 3.06. The van der Waals surface area contributed by atoms with Crippen molar-refractivity contribution in [3.05, 3.63) is 35.4 Å². The van der Waals surface area contributed by atoms with Crippen LogP contribution in [-0.4, -0.2) is 11.3 Å². The Morgan fingerprint density at radius 2 is 1.31 bits per heavy atom. The summed E-state index contributed by atoms with van der Waals surface area (Å²) in [5, 5.41) is 8.74. The van der Waals surface area contributed by atoms with Gasteiger partial charge in [-0.05, 0) is 17.7 Å². The third kappa shape index (κ3) is 2.88. The number of aliphatic hydroxyl groups excluding tert-OH is 1. The quantitative estimate of drug-likeness (QED) is 0.750. The normalized spacial score (nSPS) is 14.9. The molecule has 0 bridgehead atoms. The first-order chi connectivity index (χ1) is 7.12. The van der Waals surface area contributed by atoms with Gasteiger partial charge in [-0.25, -0.2) is 0 Å². The molecular weight excluding hydrogens is 237 g/mol. The van der Waals surface area contributed by atoms with Crippen molar-refractivity contribution in [2.45, 2.75) is 18.5 Å². The van der Waals surface area contributed by atoms with E-state index in [2.05, 4.69) is 0 Å². The van der Waals surface area contributed by atoms with E-state index in [0.717, 1.165) is 0 Å². The number of alkyl halides is 6. The van der Waals surface area contributed by atoms with Gasteiger partial charge < -0.3 is 5.11 Å². The molecular formula is C9H6F6O. The van der Waals surface area contributed by atoms with E-state index in [1.165, 1.54) is 0 Å². The third-order valence-electron chi connectivity index (χ3n) is 1.86. The molecule has 0 radical (unpaired) electrons. The first-order valence-corrected chi connectivity index (χ1v) is 4.04. The first kappa shape index (κ1) is 12.8. The summed E-state index contributed by atoms with van der Waals surface area (Å²) in [4.78, 5) is 0. The van der Waals surface area contributed by atoms with Crippen molar-refractivity contribution in [1.82, 2.24) is 0 Å². The molecule has 0 aliphatic heterocycles. The van der Waals surface area contributed by atoms with Crippen molar-refractivity contribution in [2.24, 2.45) is 0 Å². The molecule has 0 aromatic heterocycles.